The van der Waals surface area contributed by atoms with Crippen molar-refractivity contribution < 1.29 is 14.6 Å². The van der Waals surface area contributed by atoms with Crippen molar-refractivity contribution in [3.8, 4) is 0 Å². The summed E-state index contributed by atoms with van der Waals surface area (Å²) in [6.45, 7) is 7.65. The molecule has 1 aromatic carbocycles. The van der Waals surface area contributed by atoms with Crippen LogP contribution >= 0.6 is 0 Å². The van der Waals surface area contributed by atoms with E-state index >= 15 is 0 Å². The lowest BCUT2D eigenvalue weighted by Crippen LogP contribution is -2.55. The molecule has 1 aromatic rings. The number of carbonyl (C=O) groups is 1. The van der Waals surface area contributed by atoms with Gasteiger partial charge in [0.2, 0.25) is 5.91 Å². The Balaban J connectivity index is 2.58. The molecule has 0 aliphatic heterocycles. The van der Waals surface area contributed by atoms with E-state index in [4.69, 9.17) is 10.5 Å². The third kappa shape index (κ3) is 3.58. The maximum Gasteiger partial charge on any atom is 0.225 e. The quantitative estimate of drug-likeness (QED) is 0.803. The number of amides is 1. The summed E-state index contributed by atoms with van der Waals surface area (Å²) < 4.78 is 5.63. The molecule has 2 atom stereocenters. The summed E-state index contributed by atoms with van der Waals surface area (Å²) in [6, 6.07) is 9.82. The largest absolute Gasteiger partial charge is 0.389 e. The van der Waals surface area contributed by atoms with Gasteiger partial charge in [-0.05, 0) is 26.3 Å². The van der Waals surface area contributed by atoms with Gasteiger partial charge in [-0.2, -0.15) is 0 Å². The molecule has 0 aliphatic rings. The van der Waals surface area contributed by atoms with Crippen LogP contribution in [0.3, 0.4) is 0 Å². The first-order valence-electron chi connectivity index (χ1n) is 6.83. The molecule has 0 radical (unpaired) electrons. The van der Waals surface area contributed by atoms with E-state index in [0.29, 0.717) is 13.2 Å². The molecule has 1 rings (SSSR count). The summed E-state index contributed by atoms with van der Waals surface area (Å²) in [5.41, 5.74) is 4.21. The second-order valence-corrected chi connectivity index (χ2v) is 6.04. The zero-order chi connectivity index (χ0) is 15.4. The number of hydrogen-bond acceptors (Lipinski definition) is 3. The minimum atomic E-state index is -1.23. The van der Waals surface area contributed by atoms with Gasteiger partial charge in [-0.3, -0.25) is 4.79 Å². The monoisotopic (exact) mass is 279 g/mol. The van der Waals surface area contributed by atoms with Gasteiger partial charge < -0.3 is 15.6 Å². The fourth-order valence-electron chi connectivity index (χ4n) is 1.96. The predicted molar refractivity (Wildman–Crippen MR) is 78.9 cm³/mol. The van der Waals surface area contributed by atoms with Crippen molar-refractivity contribution in [3.63, 3.8) is 0 Å². The summed E-state index contributed by atoms with van der Waals surface area (Å²) in [5.74, 6) is -0.730. The van der Waals surface area contributed by atoms with Crippen LogP contribution in [0.25, 0.3) is 0 Å². The average Bonchev–Trinajstić information content (AvgIpc) is 2.39. The van der Waals surface area contributed by atoms with E-state index in [0.717, 1.165) is 5.56 Å². The van der Waals surface area contributed by atoms with Crippen LogP contribution in [-0.2, 0) is 16.1 Å². The highest BCUT2D eigenvalue weighted by Gasteiger charge is 2.47. The molecule has 0 heterocycles. The van der Waals surface area contributed by atoms with Crippen LogP contribution in [0.15, 0.2) is 30.3 Å². The number of benzene rings is 1. The highest BCUT2D eigenvalue weighted by atomic mass is 16.5. The van der Waals surface area contributed by atoms with E-state index in [1.54, 1.807) is 20.8 Å². The molecule has 1 amide bonds. The number of primary amides is 1. The standard InChI is InChI=1S/C16H25NO3/c1-12(16(4,19)15(2,3)14(17)18)10-20-11-13-8-6-5-7-9-13/h5-9,12,19H,10-11H2,1-4H3,(H2,17,18). The van der Waals surface area contributed by atoms with Gasteiger partial charge in [-0.25, -0.2) is 0 Å². The third-order valence-corrected chi connectivity index (χ3v) is 4.32. The number of aliphatic hydroxyl groups is 1. The first kappa shape index (κ1) is 16.7. The molecule has 0 saturated carbocycles. The van der Waals surface area contributed by atoms with E-state index in [-0.39, 0.29) is 5.92 Å². The van der Waals surface area contributed by atoms with Gasteiger partial charge in [-0.15, -0.1) is 0 Å². The van der Waals surface area contributed by atoms with E-state index in [1.807, 2.05) is 37.3 Å². The molecule has 2 unspecified atom stereocenters. The number of rotatable bonds is 7. The molecular weight excluding hydrogens is 254 g/mol. The predicted octanol–water partition coefficient (Wildman–Crippen LogP) is 2.10. The average molecular weight is 279 g/mol. The van der Waals surface area contributed by atoms with Crippen molar-refractivity contribution in [1.29, 1.82) is 0 Å². The Kier molecular flexibility index (Phi) is 5.31. The Labute approximate surface area is 120 Å². The minimum absolute atomic E-state index is 0.214. The molecule has 0 fully saturated rings. The van der Waals surface area contributed by atoms with Crippen LogP contribution in [-0.4, -0.2) is 23.2 Å². The normalized spacial score (nSPS) is 16.4. The van der Waals surface area contributed by atoms with Crippen LogP contribution in [0, 0.1) is 11.3 Å². The van der Waals surface area contributed by atoms with Crippen molar-refractivity contribution in [3.05, 3.63) is 35.9 Å². The van der Waals surface area contributed by atoms with Gasteiger partial charge in [0, 0.05) is 5.92 Å². The molecule has 3 N–H and O–H groups in total. The Morgan fingerprint density at radius 2 is 1.85 bits per heavy atom. The van der Waals surface area contributed by atoms with Crippen LogP contribution in [0.1, 0.15) is 33.3 Å². The lowest BCUT2D eigenvalue weighted by Gasteiger charge is -2.41. The highest BCUT2D eigenvalue weighted by molar-refractivity contribution is 5.81. The van der Waals surface area contributed by atoms with Gasteiger partial charge >= 0.3 is 0 Å². The lowest BCUT2D eigenvalue weighted by molar-refractivity contribution is -0.152. The molecular formula is C16H25NO3. The van der Waals surface area contributed by atoms with Crippen molar-refractivity contribution in [1.82, 2.24) is 0 Å². The molecule has 20 heavy (non-hydrogen) atoms. The van der Waals surface area contributed by atoms with Gasteiger partial charge in [0.25, 0.3) is 0 Å². The van der Waals surface area contributed by atoms with Gasteiger partial charge in [-0.1, -0.05) is 37.3 Å². The minimum Gasteiger partial charge on any atom is -0.389 e. The second-order valence-electron chi connectivity index (χ2n) is 6.04. The maximum absolute atomic E-state index is 11.5. The first-order valence-corrected chi connectivity index (χ1v) is 6.83. The van der Waals surface area contributed by atoms with Crippen molar-refractivity contribution in [2.75, 3.05) is 6.61 Å². The third-order valence-electron chi connectivity index (χ3n) is 4.32. The van der Waals surface area contributed by atoms with Gasteiger partial charge in [0.15, 0.2) is 0 Å². The van der Waals surface area contributed by atoms with Crippen molar-refractivity contribution in [2.45, 2.75) is 39.9 Å². The fraction of sp³-hybridized carbons (Fsp3) is 0.562. The fourth-order valence-corrected chi connectivity index (χ4v) is 1.96. The van der Waals surface area contributed by atoms with Crippen LogP contribution in [0.5, 0.6) is 0 Å². The van der Waals surface area contributed by atoms with E-state index in [1.165, 1.54) is 0 Å². The van der Waals surface area contributed by atoms with E-state index in [9.17, 15) is 9.90 Å². The summed E-state index contributed by atoms with van der Waals surface area (Å²) in [4.78, 5) is 11.5. The summed E-state index contributed by atoms with van der Waals surface area (Å²) in [5, 5.41) is 10.6. The van der Waals surface area contributed by atoms with Gasteiger partial charge in [0.05, 0.1) is 24.2 Å². The second kappa shape index (κ2) is 6.37. The Bertz CT molecular complexity index is 440. The van der Waals surface area contributed by atoms with E-state index < -0.39 is 16.9 Å². The maximum atomic E-state index is 11.5. The molecule has 0 aliphatic carbocycles. The molecule has 0 aromatic heterocycles. The van der Waals surface area contributed by atoms with Crippen molar-refractivity contribution >= 4 is 5.91 Å². The topological polar surface area (TPSA) is 72.6 Å². The Morgan fingerprint density at radius 3 is 2.35 bits per heavy atom. The number of nitrogens with two attached hydrogens (primary N) is 1. The van der Waals surface area contributed by atoms with Gasteiger partial charge in [0.1, 0.15) is 0 Å². The van der Waals surface area contributed by atoms with Crippen LogP contribution in [0.2, 0.25) is 0 Å². The number of ether oxygens (including phenoxy) is 1. The van der Waals surface area contributed by atoms with Crippen molar-refractivity contribution in [2.24, 2.45) is 17.1 Å². The molecule has 112 valence electrons. The zero-order valence-electron chi connectivity index (χ0n) is 12.7. The van der Waals surface area contributed by atoms with E-state index in [2.05, 4.69) is 0 Å². The smallest absolute Gasteiger partial charge is 0.225 e. The molecule has 0 spiro atoms. The van der Waals surface area contributed by atoms with Crippen LogP contribution in [0.4, 0.5) is 0 Å². The highest BCUT2D eigenvalue weighted by Crippen LogP contribution is 2.36. The molecule has 0 bridgehead atoms. The zero-order valence-corrected chi connectivity index (χ0v) is 12.7. The van der Waals surface area contributed by atoms with Crippen LogP contribution < -0.4 is 5.73 Å². The lowest BCUT2D eigenvalue weighted by atomic mass is 9.69. The number of carbonyl (C=O) groups excluding carboxylic acids is 1. The Hall–Kier alpha value is -1.39. The molecule has 4 nitrogen and oxygen atoms in total. The summed E-state index contributed by atoms with van der Waals surface area (Å²) >= 11 is 0. The Morgan fingerprint density at radius 1 is 1.30 bits per heavy atom. The number of hydrogen-bond donors (Lipinski definition) is 2. The SMILES string of the molecule is CC(COCc1ccccc1)C(C)(O)C(C)(C)C(N)=O. The summed E-state index contributed by atoms with van der Waals surface area (Å²) in [7, 11) is 0. The summed E-state index contributed by atoms with van der Waals surface area (Å²) in [6.07, 6.45) is 0. The molecule has 0 saturated heterocycles. The first-order chi connectivity index (χ1) is 9.19. The molecule has 4 heteroatoms.